The second-order valence-corrected chi connectivity index (χ2v) is 7.92. The summed E-state index contributed by atoms with van der Waals surface area (Å²) in [5, 5.41) is -0.0362. The Kier molecular flexibility index (Phi) is 5.27. The van der Waals surface area contributed by atoms with E-state index in [4.69, 9.17) is 16.3 Å². The van der Waals surface area contributed by atoms with E-state index in [9.17, 15) is 22.0 Å². The molecule has 3 rings (SSSR count). The Bertz CT molecular complexity index is 961. The summed E-state index contributed by atoms with van der Waals surface area (Å²) in [4.78, 5) is 11.9. The van der Waals surface area contributed by atoms with Gasteiger partial charge in [0.05, 0.1) is 10.6 Å². The van der Waals surface area contributed by atoms with Crippen LogP contribution in [0.2, 0.25) is 5.02 Å². The minimum Gasteiger partial charge on any atom is -0.457 e. The molecule has 138 valence electrons. The summed E-state index contributed by atoms with van der Waals surface area (Å²) in [7, 11) is -3.86. The molecule has 5 nitrogen and oxygen atoms in total. The van der Waals surface area contributed by atoms with Crippen molar-refractivity contribution in [3.63, 3.8) is 0 Å². The molecule has 0 heterocycles. The predicted molar refractivity (Wildman–Crippen MR) is 90.3 cm³/mol. The van der Waals surface area contributed by atoms with Gasteiger partial charge < -0.3 is 4.74 Å². The molecule has 0 bridgehead atoms. The number of halogens is 3. The van der Waals surface area contributed by atoms with E-state index < -0.39 is 34.2 Å². The van der Waals surface area contributed by atoms with Gasteiger partial charge in [-0.2, -0.15) is 0 Å². The fraction of sp³-hybridized carbons (Fsp3) is 0.235. The molecule has 1 aliphatic rings. The lowest BCUT2D eigenvalue weighted by atomic mass is 10.2. The van der Waals surface area contributed by atoms with Gasteiger partial charge in [-0.25, -0.2) is 26.7 Å². The topological polar surface area (TPSA) is 72.5 Å². The second-order valence-electron chi connectivity index (χ2n) is 5.83. The van der Waals surface area contributed by atoms with Crippen LogP contribution in [0.25, 0.3) is 0 Å². The summed E-state index contributed by atoms with van der Waals surface area (Å²) < 4.78 is 58.8. The molecule has 2 aromatic carbocycles. The zero-order valence-electron chi connectivity index (χ0n) is 13.3. The van der Waals surface area contributed by atoms with Gasteiger partial charge in [0.1, 0.15) is 11.5 Å². The lowest BCUT2D eigenvalue weighted by molar-refractivity contribution is 0.0468. The van der Waals surface area contributed by atoms with Gasteiger partial charge in [-0.3, -0.25) is 0 Å². The van der Waals surface area contributed by atoms with Gasteiger partial charge in [0.2, 0.25) is 10.0 Å². The number of esters is 1. The van der Waals surface area contributed by atoms with Crippen molar-refractivity contribution in [3.8, 4) is 0 Å². The lowest BCUT2D eigenvalue weighted by Gasteiger charge is -2.10. The largest absolute Gasteiger partial charge is 0.457 e. The van der Waals surface area contributed by atoms with E-state index in [1.807, 2.05) is 0 Å². The minimum absolute atomic E-state index is 0.0362. The lowest BCUT2D eigenvalue weighted by Crippen LogP contribution is -2.26. The summed E-state index contributed by atoms with van der Waals surface area (Å²) >= 11 is 5.94. The van der Waals surface area contributed by atoms with Crippen LogP contribution in [0.5, 0.6) is 0 Å². The van der Waals surface area contributed by atoms with Crippen LogP contribution in [0.1, 0.15) is 28.8 Å². The van der Waals surface area contributed by atoms with Crippen LogP contribution in [-0.4, -0.2) is 20.4 Å². The first-order valence-electron chi connectivity index (χ1n) is 7.70. The summed E-state index contributed by atoms with van der Waals surface area (Å²) in [6.45, 7) is -0.493. The van der Waals surface area contributed by atoms with Crippen LogP contribution in [0.3, 0.4) is 0 Å². The van der Waals surface area contributed by atoms with Gasteiger partial charge in [-0.1, -0.05) is 23.7 Å². The van der Waals surface area contributed by atoms with Crippen LogP contribution in [0.15, 0.2) is 41.3 Å². The van der Waals surface area contributed by atoms with E-state index in [0.717, 1.165) is 25.0 Å². The van der Waals surface area contributed by atoms with E-state index in [-0.39, 0.29) is 27.1 Å². The molecular formula is C17H14ClF2NO4S. The predicted octanol–water partition coefficient (Wildman–Crippen LogP) is 3.42. The first-order valence-corrected chi connectivity index (χ1v) is 9.56. The average molecular weight is 402 g/mol. The van der Waals surface area contributed by atoms with Gasteiger partial charge in [0.15, 0.2) is 11.6 Å². The van der Waals surface area contributed by atoms with Crippen LogP contribution in [0, 0.1) is 11.6 Å². The number of carbonyl (C=O) groups is 1. The third kappa shape index (κ3) is 4.20. The van der Waals surface area contributed by atoms with Crippen molar-refractivity contribution in [1.82, 2.24) is 4.72 Å². The van der Waals surface area contributed by atoms with E-state index >= 15 is 0 Å². The smallest absolute Gasteiger partial charge is 0.338 e. The molecule has 0 aromatic heterocycles. The number of hydrogen-bond acceptors (Lipinski definition) is 4. The highest BCUT2D eigenvalue weighted by Crippen LogP contribution is 2.27. The Hall–Kier alpha value is -2.03. The summed E-state index contributed by atoms with van der Waals surface area (Å²) in [6, 6.07) is 7.05. The van der Waals surface area contributed by atoms with Crippen molar-refractivity contribution < 1.29 is 26.7 Å². The third-order valence-electron chi connectivity index (χ3n) is 3.75. The van der Waals surface area contributed by atoms with Gasteiger partial charge >= 0.3 is 5.97 Å². The first kappa shape index (κ1) is 18.8. The van der Waals surface area contributed by atoms with Crippen molar-refractivity contribution in [3.05, 3.63) is 64.2 Å². The standard InChI is InChI=1S/C17H14ClF2NO4S/c18-13-7-4-10(8-15(13)26(23,24)21-12-5-6-12)17(22)25-9-11-2-1-3-14(19)16(11)20/h1-4,7-8,12,21H,5-6,9H2. The Balaban J connectivity index is 1.77. The average Bonchev–Trinajstić information content (AvgIpc) is 3.39. The zero-order valence-corrected chi connectivity index (χ0v) is 14.9. The Labute approximate surface area is 154 Å². The van der Waals surface area contributed by atoms with Crippen molar-refractivity contribution in [2.45, 2.75) is 30.4 Å². The molecule has 1 saturated carbocycles. The number of rotatable bonds is 6. The molecule has 0 amide bonds. The maximum absolute atomic E-state index is 13.6. The maximum atomic E-state index is 13.6. The molecule has 26 heavy (non-hydrogen) atoms. The fourth-order valence-corrected chi connectivity index (χ4v) is 4.04. The zero-order chi connectivity index (χ0) is 18.9. The van der Waals surface area contributed by atoms with Crippen molar-refractivity contribution >= 4 is 27.6 Å². The van der Waals surface area contributed by atoms with Crippen molar-refractivity contribution in [1.29, 1.82) is 0 Å². The molecule has 0 radical (unpaired) electrons. The molecular weight excluding hydrogens is 388 g/mol. The highest BCUT2D eigenvalue weighted by atomic mass is 35.5. The maximum Gasteiger partial charge on any atom is 0.338 e. The Morgan fingerprint density at radius 1 is 1.23 bits per heavy atom. The number of carbonyl (C=O) groups excluding carboxylic acids is 1. The van der Waals surface area contributed by atoms with Crippen LogP contribution in [0.4, 0.5) is 8.78 Å². The summed E-state index contributed by atoms with van der Waals surface area (Å²) in [6.07, 6.45) is 1.50. The summed E-state index contributed by atoms with van der Waals surface area (Å²) in [5.74, 6) is -3.04. The van der Waals surface area contributed by atoms with Gasteiger partial charge in [-0.05, 0) is 37.1 Å². The van der Waals surface area contributed by atoms with Crippen LogP contribution >= 0.6 is 11.6 Å². The van der Waals surface area contributed by atoms with Crippen LogP contribution in [-0.2, 0) is 21.4 Å². The third-order valence-corrected chi connectivity index (χ3v) is 5.75. The number of hydrogen-bond donors (Lipinski definition) is 1. The number of sulfonamides is 1. The Morgan fingerprint density at radius 3 is 2.65 bits per heavy atom. The van der Waals surface area contributed by atoms with Crippen LogP contribution < -0.4 is 4.72 Å². The molecule has 1 aliphatic carbocycles. The van der Waals surface area contributed by atoms with E-state index in [2.05, 4.69) is 4.72 Å². The Morgan fingerprint density at radius 2 is 1.96 bits per heavy atom. The molecule has 0 atom stereocenters. The SMILES string of the molecule is O=C(OCc1cccc(F)c1F)c1ccc(Cl)c(S(=O)(=O)NC2CC2)c1. The monoisotopic (exact) mass is 401 g/mol. The molecule has 0 aliphatic heterocycles. The second kappa shape index (κ2) is 7.30. The van der Waals surface area contributed by atoms with Gasteiger partial charge in [0.25, 0.3) is 0 Å². The van der Waals surface area contributed by atoms with E-state index in [1.54, 1.807) is 0 Å². The molecule has 1 N–H and O–H groups in total. The van der Waals surface area contributed by atoms with Gasteiger partial charge in [-0.15, -0.1) is 0 Å². The molecule has 0 saturated heterocycles. The fourth-order valence-electron chi connectivity index (χ4n) is 2.21. The molecule has 9 heteroatoms. The number of nitrogens with one attached hydrogen (secondary N) is 1. The minimum atomic E-state index is -3.86. The normalized spacial score (nSPS) is 14.3. The first-order chi connectivity index (χ1) is 12.3. The quantitative estimate of drug-likeness (QED) is 0.753. The van der Waals surface area contributed by atoms with E-state index in [1.165, 1.54) is 24.3 Å². The highest BCUT2D eigenvalue weighted by molar-refractivity contribution is 7.89. The number of benzene rings is 2. The molecule has 1 fully saturated rings. The summed E-state index contributed by atoms with van der Waals surface area (Å²) in [5.41, 5.74) is -0.196. The molecule has 0 unspecified atom stereocenters. The molecule has 2 aromatic rings. The number of ether oxygens (including phenoxy) is 1. The van der Waals surface area contributed by atoms with Gasteiger partial charge in [0, 0.05) is 11.6 Å². The van der Waals surface area contributed by atoms with Crippen molar-refractivity contribution in [2.24, 2.45) is 0 Å². The highest BCUT2D eigenvalue weighted by Gasteiger charge is 2.29. The van der Waals surface area contributed by atoms with Crippen molar-refractivity contribution in [2.75, 3.05) is 0 Å². The van der Waals surface area contributed by atoms with E-state index in [0.29, 0.717) is 0 Å². The molecule has 0 spiro atoms.